The van der Waals surface area contributed by atoms with Gasteiger partial charge in [0.2, 0.25) is 5.91 Å². The van der Waals surface area contributed by atoms with E-state index in [-0.39, 0.29) is 11.4 Å². The number of hydrogen-bond donors (Lipinski definition) is 1. The van der Waals surface area contributed by atoms with E-state index < -0.39 is 0 Å². The molecule has 0 fully saturated rings. The SMILES string of the molecule is C/C=C/C(=O)NC(C)(C)C. The smallest absolute Gasteiger partial charge is 0.244 e. The van der Waals surface area contributed by atoms with Crippen LogP contribution in [-0.4, -0.2) is 11.4 Å². The summed E-state index contributed by atoms with van der Waals surface area (Å²) in [6.07, 6.45) is 3.24. The van der Waals surface area contributed by atoms with Crippen molar-refractivity contribution >= 4 is 5.91 Å². The molecule has 0 saturated heterocycles. The average molecular weight is 141 g/mol. The van der Waals surface area contributed by atoms with Gasteiger partial charge in [0, 0.05) is 5.54 Å². The van der Waals surface area contributed by atoms with Crippen molar-refractivity contribution in [2.45, 2.75) is 33.2 Å². The molecule has 1 N–H and O–H groups in total. The number of carbonyl (C=O) groups excluding carboxylic acids is 1. The van der Waals surface area contributed by atoms with E-state index in [4.69, 9.17) is 0 Å². The van der Waals surface area contributed by atoms with Crippen molar-refractivity contribution in [3.05, 3.63) is 12.2 Å². The Morgan fingerprint density at radius 3 is 2.20 bits per heavy atom. The average Bonchev–Trinajstić information content (AvgIpc) is 1.59. The lowest BCUT2D eigenvalue weighted by Gasteiger charge is -2.18. The molecule has 0 saturated carbocycles. The predicted octanol–water partition coefficient (Wildman–Crippen LogP) is 1.48. The summed E-state index contributed by atoms with van der Waals surface area (Å²) in [5, 5.41) is 2.79. The standard InChI is InChI=1S/C8H15NO/c1-5-6-7(10)9-8(2,3)4/h5-6H,1-4H3,(H,9,10)/b6-5+. The molecule has 0 bridgehead atoms. The Labute approximate surface area is 62.3 Å². The van der Waals surface area contributed by atoms with Gasteiger partial charge in [0.15, 0.2) is 0 Å². The zero-order chi connectivity index (χ0) is 8.20. The zero-order valence-electron chi connectivity index (χ0n) is 7.06. The first-order valence-corrected chi connectivity index (χ1v) is 3.40. The molecule has 0 rings (SSSR count). The third-order valence-corrected chi connectivity index (χ3v) is 0.816. The third-order valence-electron chi connectivity index (χ3n) is 0.816. The molecule has 1 amide bonds. The van der Waals surface area contributed by atoms with Gasteiger partial charge in [-0.15, -0.1) is 0 Å². The Hall–Kier alpha value is -0.790. The maximum absolute atomic E-state index is 10.9. The van der Waals surface area contributed by atoms with Gasteiger partial charge in [-0.3, -0.25) is 4.79 Å². The topological polar surface area (TPSA) is 29.1 Å². The van der Waals surface area contributed by atoms with Crippen LogP contribution in [0.25, 0.3) is 0 Å². The van der Waals surface area contributed by atoms with Gasteiger partial charge in [-0.25, -0.2) is 0 Å². The highest BCUT2D eigenvalue weighted by Crippen LogP contribution is 1.97. The maximum atomic E-state index is 10.9. The number of rotatable bonds is 1. The van der Waals surface area contributed by atoms with Gasteiger partial charge >= 0.3 is 0 Å². The normalized spacial score (nSPS) is 12.0. The minimum absolute atomic E-state index is 0.0324. The fraction of sp³-hybridized carbons (Fsp3) is 0.625. The van der Waals surface area contributed by atoms with E-state index in [0.717, 1.165) is 0 Å². The number of carbonyl (C=O) groups is 1. The Morgan fingerprint density at radius 2 is 1.90 bits per heavy atom. The minimum atomic E-state index is -0.128. The summed E-state index contributed by atoms with van der Waals surface area (Å²) in [5.74, 6) is -0.0324. The Bertz CT molecular complexity index is 142. The van der Waals surface area contributed by atoms with Crippen LogP contribution < -0.4 is 5.32 Å². The van der Waals surface area contributed by atoms with Gasteiger partial charge in [0.05, 0.1) is 0 Å². The van der Waals surface area contributed by atoms with Crippen LogP contribution in [0.1, 0.15) is 27.7 Å². The highest BCUT2D eigenvalue weighted by atomic mass is 16.1. The third kappa shape index (κ3) is 5.35. The molecule has 0 radical (unpaired) electrons. The zero-order valence-corrected chi connectivity index (χ0v) is 7.06. The summed E-state index contributed by atoms with van der Waals surface area (Å²) in [5.41, 5.74) is -0.128. The maximum Gasteiger partial charge on any atom is 0.244 e. The molecule has 0 aromatic rings. The first kappa shape index (κ1) is 9.21. The fourth-order valence-corrected chi connectivity index (χ4v) is 0.563. The van der Waals surface area contributed by atoms with E-state index in [1.165, 1.54) is 6.08 Å². The second kappa shape index (κ2) is 3.40. The number of amides is 1. The van der Waals surface area contributed by atoms with Crippen molar-refractivity contribution < 1.29 is 4.79 Å². The summed E-state index contributed by atoms with van der Waals surface area (Å²) in [6, 6.07) is 0. The highest BCUT2D eigenvalue weighted by Gasteiger charge is 2.10. The van der Waals surface area contributed by atoms with E-state index in [2.05, 4.69) is 5.32 Å². The van der Waals surface area contributed by atoms with Crippen molar-refractivity contribution in [1.82, 2.24) is 5.32 Å². The number of hydrogen-bond acceptors (Lipinski definition) is 1. The van der Waals surface area contributed by atoms with Crippen LogP contribution in [0.3, 0.4) is 0 Å². The second-order valence-electron chi connectivity index (χ2n) is 3.24. The van der Waals surface area contributed by atoms with Crippen molar-refractivity contribution in [3.8, 4) is 0 Å². The summed E-state index contributed by atoms with van der Waals surface area (Å²) < 4.78 is 0. The first-order valence-electron chi connectivity index (χ1n) is 3.40. The molecule has 0 aromatic carbocycles. The first-order chi connectivity index (χ1) is 4.45. The Morgan fingerprint density at radius 1 is 1.40 bits per heavy atom. The molecular weight excluding hydrogens is 126 g/mol. The van der Waals surface area contributed by atoms with Gasteiger partial charge in [-0.2, -0.15) is 0 Å². The Kier molecular flexibility index (Phi) is 3.13. The molecule has 0 aliphatic rings. The molecule has 0 aliphatic carbocycles. The predicted molar refractivity (Wildman–Crippen MR) is 42.7 cm³/mol. The Balaban J connectivity index is 3.81. The van der Waals surface area contributed by atoms with Gasteiger partial charge in [-0.1, -0.05) is 6.08 Å². The van der Waals surface area contributed by atoms with Crippen molar-refractivity contribution in [2.24, 2.45) is 0 Å². The van der Waals surface area contributed by atoms with Crippen molar-refractivity contribution in [2.75, 3.05) is 0 Å². The van der Waals surface area contributed by atoms with E-state index in [1.54, 1.807) is 6.08 Å². The summed E-state index contributed by atoms with van der Waals surface area (Å²) in [7, 11) is 0. The summed E-state index contributed by atoms with van der Waals surface area (Å²) in [6.45, 7) is 7.68. The molecule has 2 heteroatoms. The second-order valence-corrected chi connectivity index (χ2v) is 3.24. The van der Waals surface area contributed by atoms with Crippen LogP contribution in [0.4, 0.5) is 0 Å². The van der Waals surface area contributed by atoms with Crippen LogP contribution in [0, 0.1) is 0 Å². The van der Waals surface area contributed by atoms with E-state index in [9.17, 15) is 4.79 Å². The summed E-state index contributed by atoms with van der Waals surface area (Å²) >= 11 is 0. The van der Waals surface area contributed by atoms with Crippen LogP contribution >= 0.6 is 0 Å². The molecule has 58 valence electrons. The van der Waals surface area contributed by atoms with E-state index in [1.807, 2.05) is 27.7 Å². The fourth-order valence-electron chi connectivity index (χ4n) is 0.563. The molecule has 0 unspecified atom stereocenters. The van der Waals surface area contributed by atoms with Gasteiger partial charge in [-0.05, 0) is 33.8 Å². The monoisotopic (exact) mass is 141 g/mol. The molecule has 0 spiro atoms. The van der Waals surface area contributed by atoms with Crippen LogP contribution in [0.15, 0.2) is 12.2 Å². The van der Waals surface area contributed by atoms with Crippen LogP contribution in [0.5, 0.6) is 0 Å². The lowest BCUT2D eigenvalue weighted by atomic mass is 10.1. The molecule has 0 aromatic heterocycles. The molecule has 0 heterocycles. The molecular formula is C8H15NO. The number of allylic oxidation sites excluding steroid dienone is 1. The molecule has 10 heavy (non-hydrogen) atoms. The van der Waals surface area contributed by atoms with Gasteiger partial charge in [0.25, 0.3) is 0 Å². The number of nitrogens with one attached hydrogen (secondary N) is 1. The molecule has 0 atom stereocenters. The van der Waals surface area contributed by atoms with Crippen LogP contribution in [-0.2, 0) is 4.79 Å². The molecule has 2 nitrogen and oxygen atoms in total. The van der Waals surface area contributed by atoms with E-state index in [0.29, 0.717) is 0 Å². The molecule has 0 aliphatic heterocycles. The van der Waals surface area contributed by atoms with Crippen molar-refractivity contribution in [3.63, 3.8) is 0 Å². The van der Waals surface area contributed by atoms with Gasteiger partial charge in [0.1, 0.15) is 0 Å². The van der Waals surface area contributed by atoms with Crippen molar-refractivity contribution in [1.29, 1.82) is 0 Å². The van der Waals surface area contributed by atoms with Crippen LogP contribution in [0.2, 0.25) is 0 Å². The van der Waals surface area contributed by atoms with Gasteiger partial charge < -0.3 is 5.32 Å². The minimum Gasteiger partial charge on any atom is -0.348 e. The quantitative estimate of drug-likeness (QED) is 0.550. The lowest BCUT2D eigenvalue weighted by molar-refractivity contribution is -0.117. The largest absolute Gasteiger partial charge is 0.348 e. The van der Waals surface area contributed by atoms with E-state index >= 15 is 0 Å². The summed E-state index contributed by atoms with van der Waals surface area (Å²) in [4.78, 5) is 10.9. The highest BCUT2D eigenvalue weighted by molar-refractivity contribution is 5.87. The lowest BCUT2D eigenvalue weighted by Crippen LogP contribution is -2.39.